The van der Waals surface area contributed by atoms with Gasteiger partial charge in [-0.25, -0.2) is 4.39 Å². The van der Waals surface area contributed by atoms with Crippen LogP contribution in [0.3, 0.4) is 0 Å². The second-order valence-electron chi connectivity index (χ2n) is 4.25. The van der Waals surface area contributed by atoms with Crippen molar-refractivity contribution in [2.45, 2.75) is 39.2 Å². The van der Waals surface area contributed by atoms with Crippen molar-refractivity contribution in [2.24, 2.45) is 0 Å². The van der Waals surface area contributed by atoms with E-state index in [1.54, 1.807) is 6.07 Å². The second-order valence-corrected chi connectivity index (χ2v) is 4.25. The predicted octanol–water partition coefficient (Wildman–Crippen LogP) is 3.68. The molecular weight excluding hydrogens is 217 g/mol. The summed E-state index contributed by atoms with van der Waals surface area (Å²) in [6, 6.07) is 5.10. The van der Waals surface area contributed by atoms with Crippen LogP contribution >= 0.6 is 0 Å². The van der Waals surface area contributed by atoms with E-state index in [1.165, 1.54) is 6.07 Å². The second kappa shape index (κ2) is 7.28. The minimum absolute atomic E-state index is 0.0177. The lowest BCUT2D eigenvalue weighted by atomic mass is 10.1. The summed E-state index contributed by atoms with van der Waals surface area (Å²) in [5.41, 5.74) is 0.674. The van der Waals surface area contributed by atoms with Gasteiger partial charge < -0.3 is 10.1 Å². The van der Waals surface area contributed by atoms with Gasteiger partial charge in [0.15, 0.2) is 0 Å². The van der Waals surface area contributed by atoms with Crippen LogP contribution in [0.2, 0.25) is 0 Å². The van der Waals surface area contributed by atoms with Gasteiger partial charge >= 0.3 is 0 Å². The molecule has 0 saturated carbocycles. The largest absolute Gasteiger partial charge is 0.493 e. The summed E-state index contributed by atoms with van der Waals surface area (Å²) in [6.45, 7) is 4.74. The molecule has 1 rings (SSSR count). The van der Waals surface area contributed by atoms with Crippen molar-refractivity contribution in [1.82, 2.24) is 5.32 Å². The zero-order valence-corrected chi connectivity index (χ0v) is 10.9. The smallest absolute Gasteiger partial charge is 0.131 e. The van der Waals surface area contributed by atoms with Gasteiger partial charge in [-0.1, -0.05) is 25.8 Å². The van der Waals surface area contributed by atoms with Gasteiger partial charge in [-0.3, -0.25) is 0 Å². The maximum atomic E-state index is 13.7. The first-order chi connectivity index (χ1) is 8.19. The van der Waals surface area contributed by atoms with Crippen LogP contribution in [0.5, 0.6) is 5.75 Å². The van der Waals surface area contributed by atoms with E-state index in [4.69, 9.17) is 4.74 Å². The van der Waals surface area contributed by atoms with Crippen molar-refractivity contribution in [3.8, 4) is 5.75 Å². The van der Waals surface area contributed by atoms with Gasteiger partial charge in [0.2, 0.25) is 0 Å². The molecule has 0 radical (unpaired) electrons. The average Bonchev–Trinajstić information content (AvgIpc) is 2.34. The first-order valence-corrected chi connectivity index (χ1v) is 6.28. The van der Waals surface area contributed by atoms with Crippen LogP contribution in [0.1, 0.15) is 44.7 Å². The van der Waals surface area contributed by atoms with Crippen LogP contribution in [-0.4, -0.2) is 13.7 Å². The van der Waals surface area contributed by atoms with Crippen molar-refractivity contribution in [1.29, 1.82) is 0 Å². The molecule has 0 heterocycles. The predicted molar refractivity (Wildman–Crippen MR) is 68.9 cm³/mol. The molecule has 0 aliphatic heterocycles. The van der Waals surface area contributed by atoms with Crippen LogP contribution in [0, 0.1) is 5.82 Å². The quantitative estimate of drug-likeness (QED) is 0.733. The highest BCUT2D eigenvalue weighted by Gasteiger charge is 2.09. The van der Waals surface area contributed by atoms with E-state index in [2.05, 4.69) is 12.2 Å². The molecule has 0 aliphatic rings. The highest BCUT2D eigenvalue weighted by molar-refractivity contribution is 5.30. The lowest BCUT2D eigenvalue weighted by Crippen LogP contribution is -2.13. The molecule has 1 atom stereocenters. The van der Waals surface area contributed by atoms with Crippen LogP contribution < -0.4 is 10.1 Å². The van der Waals surface area contributed by atoms with Gasteiger partial charge in [-0.05, 0) is 26.5 Å². The zero-order chi connectivity index (χ0) is 12.7. The van der Waals surface area contributed by atoms with Gasteiger partial charge in [-0.2, -0.15) is 0 Å². The number of benzene rings is 1. The molecule has 0 aromatic heterocycles. The van der Waals surface area contributed by atoms with Gasteiger partial charge in [0.1, 0.15) is 11.6 Å². The SMILES string of the molecule is CCCCCOc1ccc(C(C)NC)c(F)c1. The molecule has 96 valence electrons. The van der Waals surface area contributed by atoms with Crippen LogP contribution in [0.4, 0.5) is 4.39 Å². The van der Waals surface area contributed by atoms with Crippen molar-refractivity contribution in [3.63, 3.8) is 0 Å². The first kappa shape index (κ1) is 14.0. The Morgan fingerprint density at radius 1 is 1.35 bits per heavy atom. The Labute approximate surface area is 103 Å². The number of ether oxygens (including phenoxy) is 1. The maximum Gasteiger partial charge on any atom is 0.131 e. The minimum atomic E-state index is -0.208. The molecule has 1 unspecified atom stereocenters. The lowest BCUT2D eigenvalue weighted by molar-refractivity contribution is 0.304. The molecule has 0 spiro atoms. The van der Waals surface area contributed by atoms with E-state index in [-0.39, 0.29) is 11.9 Å². The average molecular weight is 239 g/mol. The third-order valence-electron chi connectivity index (χ3n) is 2.89. The van der Waals surface area contributed by atoms with E-state index in [1.807, 2.05) is 20.0 Å². The highest BCUT2D eigenvalue weighted by Crippen LogP contribution is 2.21. The Hall–Kier alpha value is -1.09. The van der Waals surface area contributed by atoms with Crippen molar-refractivity contribution >= 4 is 0 Å². The standard InChI is InChI=1S/C14H22FNO/c1-4-5-6-9-17-12-7-8-13(11(2)16-3)14(15)10-12/h7-8,10-11,16H,4-6,9H2,1-3H3. The Morgan fingerprint density at radius 2 is 2.12 bits per heavy atom. The Balaban J connectivity index is 2.56. The Morgan fingerprint density at radius 3 is 2.71 bits per heavy atom. The molecule has 1 N–H and O–H groups in total. The molecule has 0 saturated heterocycles. The van der Waals surface area contributed by atoms with Gasteiger partial charge in [0.25, 0.3) is 0 Å². The molecule has 0 bridgehead atoms. The fourth-order valence-electron chi connectivity index (χ4n) is 1.65. The molecule has 0 amide bonds. The molecule has 17 heavy (non-hydrogen) atoms. The number of hydrogen-bond donors (Lipinski definition) is 1. The third-order valence-corrected chi connectivity index (χ3v) is 2.89. The highest BCUT2D eigenvalue weighted by atomic mass is 19.1. The summed E-state index contributed by atoms with van der Waals surface area (Å²) in [7, 11) is 1.82. The van der Waals surface area contributed by atoms with Gasteiger partial charge in [0, 0.05) is 17.7 Å². The molecule has 1 aromatic rings. The van der Waals surface area contributed by atoms with E-state index in [9.17, 15) is 4.39 Å². The molecular formula is C14H22FNO. The van der Waals surface area contributed by atoms with E-state index in [0.717, 1.165) is 19.3 Å². The molecule has 2 nitrogen and oxygen atoms in total. The number of unbranched alkanes of at least 4 members (excludes halogenated alkanes) is 2. The maximum absolute atomic E-state index is 13.7. The minimum Gasteiger partial charge on any atom is -0.493 e. The molecule has 3 heteroatoms. The summed E-state index contributed by atoms with van der Waals surface area (Å²) in [5, 5.41) is 3.02. The molecule has 0 fully saturated rings. The van der Waals surface area contributed by atoms with Crippen LogP contribution in [0.25, 0.3) is 0 Å². The lowest BCUT2D eigenvalue weighted by Gasteiger charge is -2.13. The third kappa shape index (κ3) is 4.35. The number of nitrogens with one attached hydrogen (secondary N) is 1. The van der Waals surface area contributed by atoms with Gasteiger partial charge in [-0.15, -0.1) is 0 Å². The number of rotatable bonds is 7. The summed E-state index contributed by atoms with van der Waals surface area (Å²) in [5.74, 6) is 0.408. The monoisotopic (exact) mass is 239 g/mol. The van der Waals surface area contributed by atoms with Crippen LogP contribution in [0.15, 0.2) is 18.2 Å². The zero-order valence-electron chi connectivity index (χ0n) is 10.9. The van der Waals surface area contributed by atoms with E-state index in [0.29, 0.717) is 17.9 Å². The molecule has 0 aliphatic carbocycles. The van der Waals surface area contributed by atoms with Crippen molar-refractivity contribution in [2.75, 3.05) is 13.7 Å². The fourth-order valence-corrected chi connectivity index (χ4v) is 1.65. The normalized spacial score (nSPS) is 12.5. The summed E-state index contributed by atoms with van der Waals surface area (Å²) in [6.07, 6.45) is 3.33. The van der Waals surface area contributed by atoms with E-state index < -0.39 is 0 Å². The van der Waals surface area contributed by atoms with Crippen molar-refractivity contribution in [3.05, 3.63) is 29.6 Å². The van der Waals surface area contributed by atoms with E-state index >= 15 is 0 Å². The molecule has 1 aromatic carbocycles. The Kier molecular flexibility index (Phi) is 5.98. The number of hydrogen-bond acceptors (Lipinski definition) is 2. The first-order valence-electron chi connectivity index (χ1n) is 6.28. The number of halogens is 1. The Bertz CT molecular complexity index is 341. The summed E-state index contributed by atoms with van der Waals surface area (Å²) >= 11 is 0. The van der Waals surface area contributed by atoms with Gasteiger partial charge in [0.05, 0.1) is 6.61 Å². The van der Waals surface area contributed by atoms with Crippen molar-refractivity contribution < 1.29 is 9.13 Å². The summed E-state index contributed by atoms with van der Waals surface area (Å²) < 4.78 is 19.2. The van der Waals surface area contributed by atoms with Crippen LogP contribution in [-0.2, 0) is 0 Å². The summed E-state index contributed by atoms with van der Waals surface area (Å²) in [4.78, 5) is 0. The topological polar surface area (TPSA) is 21.3 Å². The fraction of sp³-hybridized carbons (Fsp3) is 0.571.